The lowest BCUT2D eigenvalue weighted by Gasteiger charge is -2.16. The van der Waals surface area contributed by atoms with Crippen LogP contribution in [0.1, 0.15) is 47.8 Å². The molecule has 0 saturated carbocycles. The summed E-state index contributed by atoms with van der Waals surface area (Å²) < 4.78 is 0. The molecule has 128 valence electrons. The third-order valence-corrected chi connectivity index (χ3v) is 5.37. The second kappa shape index (κ2) is 6.84. The minimum absolute atomic E-state index is 0.218. The van der Waals surface area contributed by atoms with Gasteiger partial charge in [0.15, 0.2) is 5.13 Å². The number of thiazole rings is 1. The van der Waals surface area contributed by atoms with E-state index in [4.69, 9.17) is 0 Å². The Morgan fingerprint density at radius 1 is 1.33 bits per heavy atom. The van der Waals surface area contributed by atoms with Crippen LogP contribution in [0.25, 0.3) is 0 Å². The van der Waals surface area contributed by atoms with Crippen molar-refractivity contribution in [3.05, 3.63) is 28.2 Å². The first kappa shape index (κ1) is 16.8. The molecule has 6 nitrogen and oxygen atoms in total. The fourth-order valence-electron chi connectivity index (χ4n) is 2.95. The molecule has 0 unspecified atom stereocenters. The van der Waals surface area contributed by atoms with E-state index in [-0.39, 0.29) is 11.8 Å². The van der Waals surface area contributed by atoms with Gasteiger partial charge in [0.25, 0.3) is 0 Å². The zero-order chi connectivity index (χ0) is 17.3. The Balaban J connectivity index is 1.78. The first-order valence-electron chi connectivity index (χ1n) is 8.30. The summed E-state index contributed by atoms with van der Waals surface area (Å²) >= 11 is 1.62. The van der Waals surface area contributed by atoms with Gasteiger partial charge in [-0.05, 0) is 27.2 Å². The third kappa shape index (κ3) is 3.56. The molecule has 1 atom stereocenters. The Labute approximate surface area is 146 Å². The topological polar surface area (TPSA) is 71.0 Å². The van der Waals surface area contributed by atoms with Crippen LogP contribution < -0.4 is 5.32 Å². The second-order valence-electron chi connectivity index (χ2n) is 6.19. The number of amides is 1. The van der Waals surface area contributed by atoms with Crippen molar-refractivity contribution < 1.29 is 4.79 Å². The van der Waals surface area contributed by atoms with Gasteiger partial charge in [0, 0.05) is 36.4 Å². The summed E-state index contributed by atoms with van der Waals surface area (Å²) in [5.74, 6) is 2.00. The highest BCUT2D eigenvalue weighted by Crippen LogP contribution is 2.29. The molecule has 1 aliphatic rings. The molecular formula is C17H23N5OS. The van der Waals surface area contributed by atoms with Crippen LogP contribution in [-0.4, -0.2) is 38.8 Å². The number of aryl methyl sites for hydroxylation is 3. The van der Waals surface area contributed by atoms with Crippen molar-refractivity contribution in [3.63, 3.8) is 0 Å². The fourth-order valence-corrected chi connectivity index (χ4v) is 3.77. The predicted molar refractivity (Wildman–Crippen MR) is 95.9 cm³/mol. The lowest BCUT2D eigenvalue weighted by molar-refractivity contribution is -0.129. The number of hydrogen-bond donors (Lipinski definition) is 1. The smallest absolute Gasteiger partial charge is 0.222 e. The van der Waals surface area contributed by atoms with Crippen LogP contribution in [0.4, 0.5) is 10.9 Å². The average Bonchev–Trinajstić information content (AvgIpc) is 3.14. The standard InChI is InChI=1S/C17H23N5OS/c1-5-16(23)22-7-6-13(9-22)14-8-15(20-12(4)19-14)21-17-18-10(2)11(3)24-17/h8,13H,5-7,9H2,1-4H3,(H,18,19,20,21)/t13-/m0/s1. The van der Waals surface area contributed by atoms with E-state index in [2.05, 4.69) is 27.2 Å². The van der Waals surface area contributed by atoms with Crippen LogP contribution >= 0.6 is 11.3 Å². The van der Waals surface area contributed by atoms with Crippen molar-refractivity contribution in [1.82, 2.24) is 19.9 Å². The summed E-state index contributed by atoms with van der Waals surface area (Å²) in [5, 5.41) is 4.14. The van der Waals surface area contributed by atoms with Crippen molar-refractivity contribution in [2.45, 2.75) is 46.5 Å². The lowest BCUT2D eigenvalue weighted by atomic mass is 10.0. The van der Waals surface area contributed by atoms with Gasteiger partial charge in [-0.1, -0.05) is 6.92 Å². The van der Waals surface area contributed by atoms with E-state index in [0.29, 0.717) is 6.42 Å². The lowest BCUT2D eigenvalue weighted by Crippen LogP contribution is -2.27. The molecule has 1 fully saturated rings. The van der Waals surface area contributed by atoms with Crippen molar-refractivity contribution in [2.75, 3.05) is 18.4 Å². The predicted octanol–water partition coefficient (Wildman–Crippen LogP) is 3.33. The van der Waals surface area contributed by atoms with E-state index in [0.717, 1.165) is 47.7 Å². The van der Waals surface area contributed by atoms with Gasteiger partial charge in [-0.3, -0.25) is 4.79 Å². The summed E-state index contributed by atoms with van der Waals surface area (Å²) in [7, 11) is 0. The first-order chi connectivity index (χ1) is 11.5. The molecule has 1 aliphatic heterocycles. The Kier molecular flexibility index (Phi) is 4.80. The zero-order valence-electron chi connectivity index (χ0n) is 14.6. The molecule has 24 heavy (non-hydrogen) atoms. The number of carbonyl (C=O) groups excluding carboxylic acids is 1. The van der Waals surface area contributed by atoms with Crippen LogP contribution in [0.5, 0.6) is 0 Å². The number of likely N-dealkylation sites (tertiary alicyclic amines) is 1. The van der Waals surface area contributed by atoms with Crippen molar-refractivity contribution in [1.29, 1.82) is 0 Å². The molecule has 0 aromatic carbocycles. The van der Waals surface area contributed by atoms with E-state index in [1.165, 1.54) is 4.88 Å². The number of nitrogens with zero attached hydrogens (tertiary/aromatic N) is 4. The summed E-state index contributed by atoms with van der Waals surface area (Å²) in [6, 6.07) is 1.99. The Hall–Kier alpha value is -2.02. The van der Waals surface area contributed by atoms with Crippen LogP contribution in [0, 0.1) is 20.8 Å². The maximum absolute atomic E-state index is 11.9. The highest BCUT2D eigenvalue weighted by molar-refractivity contribution is 7.15. The van der Waals surface area contributed by atoms with Gasteiger partial charge in [-0.25, -0.2) is 15.0 Å². The normalized spacial score (nSPS) is 17.3. The SMILES string of the molecule is CCC(=O)N1CC[C@H](c2cc(Nc3nc(C)c(C)s3)nc(C)n2)C1. The van der Waals surface area contributed by atoms with Crippen molar-refractivity contribution in [3.8, 4) is 0 Å². The molecular weight excluding hydrogens is 322 g/mol. The minimum atomic E-state index is 0.218. The van der Waals surface area contributed by atoms with Crippen molar-refractivity contribution in [2.24, 2.45) is 0 Å². The number of aromatic nitrogens is 3. The maximum Gasteiger partial charge on any atom is 0.222 e. The molecule has 3 rings (SSSR count). The van der Waals surface area contributed by atoms with Crippen LogP contribution in [-0.2, 0) is 4.79 Å². The number of carbonyl (C=O) groups is 1. The van der Waals surface area contributed by atoms with Gasteiger partial charge in [0.1, 0.15) is 11.6 Å². The summed E-state index contributed by atoms with van der Waals surface area (Å²) in [6.07, 6.45) is 1.52. The number of nitrogens with one attached hydrogen (secondary N) is 1. The molecule has 0 bridgehead atoms. The largest absolute Gasteiger partial charge is 0.342 e. The molecule has 7 heteroatoms. The maximum atomic E-state index is 11.9. The highest BCUT2D eigenvalue weighted by Gasteiger charge is 2.28. The van der Waals surface area contributed by atoms with Crippen molar-refractivity contribution >= 4 is 28.2 Å². The highest BCUT2D eigenvalue weighted by atomic mass is 32.1. The number of hydrogen-bond acceptors (Lipinski definition) is 6. The van der Waals surface area contributed by atoms with E-state index in [1.807, 2.05) is 31.7 Å². The van der Waals surface area contributed by atoms with E-state index >= 15 is 0 Å². The van der Waals surface area contributed by atoms with Gasteiger partial charge < -0.3 is 10.2 Å². The molecule has 3 heterocycles. The van der Waals surface area contributed by atoms with Gasteiger partial charge in [-0.15, -0.1) is 11.3 Å². The van der Waals surface area contributed by atoms with Gasteiger partial charge in [0.2, 0.25) is 5.91 Å². The Morgan fingerprint density at radius 2 is 2.12 bits per heavy atom. The number of rotatable bonds is 4. The quantitative estimate of drug-likeness (QED) is 0.920. The Morgan fingerprint density at radius 3 is 2.79 bits per heavy atom. The molecule has 2 aromatic heterocycles. The molecule has 2 aromatic rings. The first-order valence-corrected chi connectivity index (χ1v) is 9.12. The second-order valence-corrected chi connectivity index (χ2v) is 7.39. The van der Waals surface area contributed by atoms with E-state index in [9.17, 15) is 4.79 Å². The Bertz CT molecular complexity index is 738. The minimum Gasteiger partial charge on any atom is -0.342 e. The fraction of sp³-hybridized carbons (Fsp3) is 0.529. The molecule has 0 radical (unpaired) electrons. The summed E-state index contributed by atoms with van der Waals surface area (Å²) in [4.78, 5) is 28.6. The molecule has 1 N–H and O–H groups in total. The molecule has 1 saturated heterocycles. The van der Waals surface area contributed by atoms with Gasteiger partial charge >= 0.3 is 0 Å². The monoisotopic (exact) mass is 345 g/mol. The van der Waals surface area contributed by atoms with E-state index in [1.54, 1.807) is 11.3 Å². The molecule has 1 amide bonds. The molecule has 0 spiro atoms. The van der Waals surface area contributed by atoms with Crippen LogP contribution in [0.15, 0.2) is 6.07 Å². The number of anilines is 2. The van der Waals surface area contributed by atoms with Gasteiger partial charge in [-0.2, -0.15) is 0 Å². The summed E-state index contributed by atoms with van der Waals surface area (Å²) in [6.45, 7) is 9.44. The van der Waals surface area contributed by atoms with Gasteiger partial charge in [0.05, 0.1) is 11.4 Å². The molecule has 0 aliphatic carbocycles. The average molecular weight is 345 g/mol. The van der Waals surface area contributed by atoms with Crippen LogP contribution in [0.3, 0.4) is 0 Å². The van der Waals surface area contributed by atoms with E-state index < -0.39 is 0 Å². The van der Waals surface area contributed by atoms with Crippen LogP contribution in [0.2, 0.25) is 0 Å². The third-order valence-electron chi connectivity index (χ3n) is 4.38. The zero-order valence-corrected chi connectivity index (χ0v) is 15.4. The summed E-state index contributed by atoms with van der Waals surface area (Å²) in [5.41, 5.74) is 2.04.